The lowest BCUT2D eigenvalue weighted by Gasteiger charge is -2.05. The van der Waals surface area contributed by atoms with Crippen molar-refractivity contribution in [2.45, 2.75) is 46.6 Å². The number of hydrogen-bond donors (Lipinski definition) is 0. The van der Waals surface area contributed by atoms with Crippen LogP contribution in [-0.4, -0.2) is 28.8 Å². The fourth-order valence-corrected chi connectivity index (χ4v) is 2.17. The van der Waals surface area contributed by atoms with E-state index in [4.69, 9.17) is 4.74 Å². The van der Waals surface area contributed by atoms with Gasteiger partial charge in [-0.3, -0.25) is 9.48 Å². The highest BCUT2D eigenvalue weighted by atomic mass is 79.9. The van der Waals surface area contributed by atoms with E-state index in [9.17, 15) is 4.79 Å². The predicted octanol–water partition coefficient (Wildman–Crippen LogP) is 2.90. The number of Topliss-reactive ketones (excluding diaryl/α,β-unsaturated/α-hetero) is 1. The smallest absolute Gasteiger partial charge is 0.141 e. The lowest BCUT2D eigenvalue weighted by atomic mass is 10.1. The summed E-state index contributed by atoms with van der Waals surface area (Å²) in [6.07, 6.45) is 1.88. The lowest BCUT2D eigenvalue weighted by Crippen LogP contribution is -2.12. The molecule has 1 aromatic rings. The van der Waals surface area contributed by atoms with Gasteiger partial charge >= 0.3 is 0 Å². The summed E-state index contributed by atoms with van der Waals surface area (Å²) in [6.45, 7) is 8.04. The number of aromatic nitrogens is 2. The molecule has 0 unspecified atom stereocenters. The number of ether oxygens (including phenoxy) is 1. The van der Waals surface area contributed by atoms with Crippen LogP contribution in [0.1, 0.15) is 38.1 Å². The fraction of sp³-hybridized carbons (Fsp3) is 0.692. The second kappa shape index (κ2) is 7.69. The van der Waals surface area contributed by atoms with Crippen LogP contribution in [0.4, 0.5) is 0 Å². The number of aryl methyl sites for hydroxylation is 2. The van der Waals surface area contributed by atoms with Crippen LogP contribution >= 0.6 is 15.9 Å². The molecule has 102 valence electrons. The third-order valence-electron chi connectivity index (χ3n) is 2.69. The molecule has 0 spiro atoms. The van der Waals surface area contributed by atoms with Crippen LogP contribution in [0.15, 0.2) is 4.47 Å². The first-order valence-corrected chi connectivity index (χ1v) is 7.20. The number of carbonyl (C=O) groups excluding carboxylic acids is 1. The monoisotopic (exact) mass is 316 g/mol. The number of ketones is 1. The van der Waals surface area contributed by atoms with Gasteiger partial charge < -0.3 is 4.74 Å². The average molecular weight is 317 g/mol. The molecule has 0 aliphatic rings. The molecule has 0 atom stereocenters. The maximum Gasteiger partial charge on any atom is 0.141 e. The minimum Gasteiger partial charge on any atom is -0.381 e. The molecule has 0 radical (unpaired) electrons. The average Bonchev–Trinajstić information content (AvgIpc) is 2.62. The van der Waals surface area contributed by atoms with Crippen molar-refractivity contribution < 1.29 is 9.53 Å². The Morgan fingerprint density at radius 3 is 2.72 bits per heavy atom. The van der Waals surface area contributed by atoms with Crippen LogP contribution < -0.4 is 0 Å². The highest BCUT2D eigenvalue weighted by Gasteiger charge is 2.15. The summed E-state index contributed by atoms with van der Waals surface area (Å²) in [7, 11) is 0. The number of hydrogen-bond acceptors (Lipinski definition) is 3. The zero-order valence-corrected chi connectivity index (χ0v) is 12.9. The van der Waals surface area contributed by atoms with Gasteiger partial charge in [-0.25, -0.2) is 0 Å². The zero-order valence-electron chi connectivity index (χ0n) is 11.3. The molecule has 0 amide bonds. The van der Waals surface area contributed by atoms with Crippen LogP contribution in [0.25, 0.3) is 0 Å². The molecule has 0 aliphatic heterocycles. The van der Waals surface area contributed by atoms with Gasteiger partial charge in [0.1, 0.15) is 5.78 Å². The molecule has 0 bridgehead atoms. The second-order valence-corrected chi connectivity index (χ2v) is 5.03. The SMILES string of the molecule is CCCOCCC(=O)Cc1c(Br)c(C)nn1CC. The summed E-state index contributed by atoms with van der Waals surface area (Å²) >= 11 is 3.50. The third-order valence-corrected chi connectivity index (χ3v) is 3.72. The Labute approximate surface area is 117 Å². The molecular weight excluding hydrogens is 296 g/mol. The Morgan fingerprint density at radius 2 is 2.11 bits per heavy atom. The van der Waals surface area contributed by atoms with Gasteiger partial charge in [-0.2, -0.15) is 5.10 Å². The Kier molecular flexibility index (Phi) is 6.57. The van der Waals surface area contributed by atoms with Crippen molar-refractivity contribution in [2.24, 2.45) is 0 Å². The van der Waals surface area contributed by atoms with Crippen LogP contribution in [0.3, 0.4) is 0 Å². The normalized spacial score (nSPS) is 10.9. The van der Waals surface area contributed by atoms with E-state index in [0.717, 1.165) is 35.4 Å². The first-order valence-electron chi connectivity index (χ1n) is 6.41. The van der Waals surface area contributed by atoms with Crippen molar-refractivity contribution in [3.63, 3.8) is 0 Å². The maximum atomic E-state index is 11.9. The summed E-state index contributed by atoms with van der Waals surface area (Å²) in [6, 6.07) is 0. The van der Waals surface area contributed by atoms with E-state index in [1.165, 1.54) is 0 Å². The molecule has 1 aromatic heterocycles. The summed E-state index contributed by atoms with van der Waals surface area (Å²) in [5.74, 6) is 0.196. The largest absolute Gasteiger partial charge is 0.381 e. The topological polar surface area (TPSA) is 44.1 Å². The second-order valence-electron chi connectivity index (χ2n) is 4.24. The molecular formula is C13H21BrN2O2. The van der Waals surface area contributed by atoms with Crippen molar-refractivity contribution in [2.75, 3.05) is 13.2 Å². The first kappa shape index (κ1) is 15.4. The highest BCUT2D eigenvalue weighted by molar-refractivity contribution is 9.10. The van der Waals surface area contributed by atoms with Crippen molar-refractivity contribution in [3.8, 4) is 0 Å². The van der Waals surface area contributed by atoms with Crippen molar-refractivity contribution in [1.29, 1.82) is 0 Å². The van der Waals surface area contributed by atoms with Crippen molar-refractivity contribution >= 4 is 21.7 Å². The zero-order chi connectivity index (χ0) is 13.5. The van der Waals surface area contributed by atoms with Gasteiger partial charge in [0.25, 0.3) is 0 Å². The van der Waals surface area contributed by atoms with Gasteiger partial charge in [0.2, 0.25) is 0 Å². The highest BCUT2D eigenvalue weighted by Crippen LogP contribution is 2.21. The quantitative estimate of drug-likeness (QED) is 0.693. The van der Waals surface area contributed by atoms with E-state index in [1.54, 1.807) is 0 Å². The molecule has 0 aliphatic carbocycles. The molecule has 0 N–H and O–H groups in total. The van der Waals surface area contributed by atoms with Gasteiger partial charge in [0.05, 0.1) is 22.5 Å². The molecule has 0 saturated heterocycles. The summed E-state index contributed by atoms with van der Waals surface area (Å²) < 4.78 is 8.16. The van der Waals surface area contributed by atoms with Gasteiger partial charge in [0.15, 0.2) is 0 Å². The van der Waals surface area contributed by atoms with E-state index in [1.807, 2.05) is 18.5 Å². The van der Waals surface area contributed by atoms with Crippen LogP contribution in [0.2, 0.25) is 0 Å². The van der Waals surface area contributed by atoms with E-state index >= 15 is 0 Å². The first-order chi connectivity index (χ1) is 8.60. The summed E-state index contributed by atoms with van der Waals surface area (Å²) in [4.78, 5) is 11.9. The van der Waals surface area contributed by atoms with Gasteiger partial charge in [0, 0.05) is 26.0 Å². The van der Waals surface area contributed by atoms with Crippen LogP contribution in [-0.2, 0) is 22.5 Å². The molecule has 1 rings (SSSR count). The number of rotatable bonds is 8. The van der Waals surface area contributed by atoms with E-state index < -0.39 is 0 Å². The Hall–Kier alpha value is -0.680. The van der Waals surface area contributed by atoms with Crippen LogP contribution in [0.5, 0.6) is 0 Å². The molecule has 18 heavy (non-hydrogen) atoms. The standard InChI is InChI=1S/C13H21BrN2O2/c1-4-7-18-8-6-11(17)9-12-13(14)10(3)15-16(12)5-2/h4-9H2,1-3H3. The Bertz CT molecular complexity index is 402. The molecule has 0 aromatic carbocycles. The molecule has 0 fully saturated rings. The predicted molar refractivity (Wildman–Crippen MR) is 74.8 cm³/mol. The minimum absolute atomic E-state index is 0.196. The van der Waals surface area contributed by atoms with E-state index in [2.05, 4.69) is 28.0 Å². The molecule has 4 nitrogen and oxygen atoms in total. The molecule has 0 saturated carbocycles. The third kappa shape index (κ3) is 4.21. The van der Waals surface area contributed by atoms with Gasteiger partial charge in [-0.15, -0.1) is 0 Å². The minimum atomic E-state index is 0.196. The van der Waals surface area contributed by atoms with E-state index in [0.29, 0.717) is 19.4 Å². The Balaban J connectivity index is 2.53. The number of carbonyl (C=O) groups is 1. The number of nitrogens with zero attached hydrogens (tertiary/aromatic N) is 2. The van der Waals surface area contributed by atoms with Gasteiger partial charge in [-0.1, -0.05) is 6.92 Å². The number of halogens is 1. The fourth-order valence-electron chi connectivity index (χ4n) is 1.75. The van der Waals surface area contributed by atoms with Crippen LogP contribution in [0, 0.1) is 6.92 Å². The van der Waals surface area contributed by atoms with Crippen molar-refractivity contribution in [1.82, 2.24) is 9.78 Å². The molecule has 1 heterocycles. The van der Waals surface area contributed by atoms with E-state index in [-0.39, 0.29) is 5.78 Å². The van der Waals surface area contributed by atoms with Gasteiger partial charge in [-0.05, 0) is 36.2 Å². The van der Waals surface area contributed by atoms with Crippen molar-refractivity contribution in [3.05, 3.63) is 15.9 Å². The summed E-state index contributed by atoms with van der Waals surface area (Å²) in [5.41, 5.74) is 1.90. The lowest BCUT2D eigenvalue weighted by molar-refractivity contribution is -0.119. The Morgan fingerprint density at radius 1 is 1.39 bits per heavy atom. The summed E-state index contributed by atoms with van der Waals surface area (Å²) in [5, 5.41) is 4.38. The molecule has 5 heteroatoms. The maximum absolute atomic E-state index is 11.9.